The fourth-order valence-electron chi connectivity index (χ4n) is 9.17. The zero-order valence-electron chi connectivity index (χ0n) is 29.7. The summed E-state index contributed by atoms with van der Waals surface area (Å²) in [5, 5.41) is 7.39. The highest BCUT2D eigenvalue weighted by atomic mass is 32.1. The minimum Gasteiger partial charge on any atom is -0.458 e. The molecule has 3 heterocycles. The number of para-hydroxylation sites is 3. The number of benzene rings is 9. The van der Waals surface area contributed by atoms with Crippen molar-refractivity contribution in [2.45, 2.75) is 0 Å². The van der Waals surface area contributed by atoms with Crippen molar-refractivity contribution in [1.29, 1.82) is 0 Å². The van der Waals surface area contributed by atoms with E-state index in [1.165, 1.54) is 69.5 Å². The molecule has 5 heteroatoms. The van der Waals surface area contributed by atoms with Crippen LogP contribution in [0.4, 0.5) is 34.1 Å². The summed E-state index contributed by atoms with van der Waals surface area (Å²) in [5.74, 6) is 1.85. The zero-order chi connectivity index (χ0) is 36.0. The van der Waals surface area contributed by atoms with E-state index in [9.17, 15) is 0 Å². The average molecular weight is 719 g/mol. The lowest BCUT2D eigenvalue weighted by atomic mass is 9.34. The van der Waals surface area contributed by atoms with Crippen LogP contribution >= 0.6 is 11.3 Å². The molecular formula is C50H31BN2OS. The number of fused-ring (bicyclic) bond motifs is 10. The number of hydrogen-bond donors (Lipinski definition) is 0. The van der Waals surface area contributed by atoms with Crippen LogP contribution in [0.2, 0.25) is 0 Å². The zero-order valence-corrected chi connectivity index (χ0v) is 30.5. The molecule has 0 atom stereocenters. The Morgan fingerprint density at radius 2 is 1.16 bits per heavy atom. The molecule has 12 rings (SSSR count). The van der Waals surface area contributed by atoms with Gasteiger partial charge >= 0.3 is 0 Å². The van der Waals surface area contributed by atoms with Gasteiger partial charge in [-0.05, 0) is 93.9 Å². The number of rotatable bonds is 4. The molecule has 0 unspecified atom stereocenters. The summed E-state index contributed by atoms with van der Waals surface area (Å²) in [5.41, 5.74) is 10.7. The maximum atomic E-state index is 6.95. The molecule has 2 aliphatic rings. The van der Waals surface area contributed by atoms with E-state index in [4.69, 9.17) is 4.74 Å². The molecule has 55 heavy (non-hydrogen) atoms. The van der Waals surface area contributed by atoms with Crippen LogP contribution in [-0.2, 0) is 0 Å². The van der Waals surface area contributed by atoms with Crippen molar-refractivity contribution in [2.24, 2.45) is 0 Å². The first-order valence-corrected chi connectivity index (χ1v) is 19.6. The minimum absolute atomic E-state index is 0.0490. The van der Waals surface area contributed by atoms with Gasteiger partial charge in [-0.2, -0.15) is 0 Å². The molecule has 0 saturated heterocycles. The van der Waals surface area contributed by atoms with Crippen LogP contribution in [-0.4, -0.2) is 6.71 Å². The third-order valence-electron chi connectivity index (χ3n) is 11.5. The third-order valence-corrected chi connectivity index (χ3v) is 12.6. The summed E-state index contributed by atoms with van der Waals surface area (Å²) in [7, 11) is 0. The van der Waals surface area contributed by atoms with E-state index in [-0.39, 0.29) is 6.71 Å². The first kappa shape index (κ1) is 30.6. The summed E-state index contributed by atoms with van der Waals surface area (Å²) >= 11 is 1.88. The summed E-state index contributed by atoms with van der Waals surface area (Å²) in [6.07, 6.45) is 0. The van der Waals surface area contributed by atoms with E-state index < -0.39 is 0 Å². The Morgan fingerprint density at radius 3 is 2.04 bits per heavy atom. The van der Waals surface area contributed by atoms with Crippen LogP contribution in [0, 0.1) is 0 Å². The van der Waals surface area contributed by atoms with E-state index in [1.54, 1.807) is 0 Å². The molecule has 1 aromatic heterocycles. The number of thiophene rings is 1. The quantitative estimate of drug-likeness (QED) is 0.169. The highest BCUT2D eigenvalue weighted by Crippen LogP contribution is 2.49. The highest BCUT2D eigenvalue weighted by Gasteiger charge is 2.41. The van der Waals surface area contributed by atoms with Gasteiger partial charge in [0.15, 0.2) is 0 Å². The number of anilines is 6. The Labute approximate surface area is 323 Å². The SMILES string of the molecule is c1ccc(N2c3ccccc3B3c4cc5sc6cc(N(c7ccccc7)c7cccc8ccccc78)c7ccccc7c6c5cc4Oc4cccc2c43)cc1. The number of nitrogens with zero attached hydrogens (tertiary/aromatic N) is 2. The number of ether oxygens (including phenoxy) is 1. The van der Waals surface area contributed by atoms with Gasteiger partial charge in [0.1, 0.15) is 11.5 Å². The molecule has 0 bridgehead atoms. The Balaban J connectivity index is 1.10. The van der Waals surface area contributed by atoms with Crippen molar-refractivity contribution in [2.75, 3.05) is 9.80 Å². The predicted octanol–water partition coefficient (Wildman–Crippen LogP) is 12.2. The Hall–Kier alpha value is -6.82. The predicted molar refractivity (Wildman–Crippen MR) is 235 cm³/mol. The molecule has 256 valence electrons. The third kappa shape index (κ3) is 4.51. The molecule has 0 amide bonds. The lowest BCUT2D eigenvalue weighted by Gasteiger charge is -2.39. The van der Waals surface area contributed by atoms with Crippen LogP contribution in [0.15, 0.2) is 188 Å². The fraction of sp³-hybridized carbons (Fsp3) is 0. The molecule has 0 aliphatic carbocycles. The Morgan fingerprint density at radius 1 is 0.473 bits per heavy atom. The van der Waals surface area contributed by atoms with E-state index in [1.807, 2.05) is 11.3 Å². The van der Waals surface area contributed by atoms with Crippen LogP contribution in [0.5, 0.6) is 11.5 Å². The maximum absolute atomic E-state index is 6.95. The van der Waals surface area contributed by atoms with Crippen molar-refractivity contribution in [3.8, 4) is 11.5 Å². The van der Waals surface area contributed by atoms with Gasteiger partial charge in [0.25, 0.3) is 6.71 Å². The molecule has 10 aromatic rings. The standard InChI is InChI=1S/C50H31BN2OS/c1-3-17-33(18-4-1)52(41-26-13-16-32-15-7-8-21-35(32)41)44-31-48-49(37-23-10-9-22-36(37)44)38-29-46-40(30-47(38)55-48)51-39-24-11-12-25-42(39)53(34-19-5-2-6-20-34)43-27-14-28-45(54-46)50(43)51/h1-31H. The second-order valence-electron chi connectivity index (χ2n) is 14.4. The molecule has 0 fully saturated rings. The van der Waals surface area contributed by atoms with Crippen molar-refractivity contribution in [3.63, 3.8) is 0 Å². The Bertz CT molecular complexity index is 3150. The topological polar surface area (TPSA) is 15.7 Å². The molecular weight excluding hydrogens is 687 g/mol. The van der Waals surface area contributed by atoms with Crippen LogP contribution in [0.1, 0.15) is 0 Å². The summed E-state index contributed by atoms with van der Waals surface area (Å²) in [6, 6.07) is 68.2. The summed E-state index contributed by atoms with van der Waals surface area (Å²) in [6.45, 7) is 0.0490. The van der Waals surface area contributed by atoms with Gasteiger partial charge in [0.05, 0.1) is 11.4 Å². The highest BCUT2D eigenvalue weighted by molar-refractivity contribution is 7.26. The second-order valence-corrected chi connectivity index (χ2v) is 15.5. The monoisotopic (exact) mass is 718 g/mol. The van der Waals surface area contributed by atoms with Crippen molar-refractivity contribution in [1.82, 2.24) is 0 Å². The first-order valence-electron chi connectivity index (χ1n) is 18.8. The largest absolute Gasteiger partial charge is 0.458 e. The van der Waals surface area contributed by atoms with Gasteiger partial charge in [0, 0.05) is 53.7 Å². The van der Waals surface area contributed by atoms with Gasteiger partial charge in [-0.1, -0.05) is 121 Å². The van der Waals surface area contributed by atoms with Gasteiger partial charge < -0.3 is 14.5 Å². The molecule has 0 spiro atoms. The molecule has 0 radical (unpaired) electrons. The average Bonchev–Trinajstić information content (AvgIpc) is 3.61. The first-order chi connectivity index (χ1) is 27.3. The van der Waals surface area contributed by atoms with Crippen molar-refractivity contribution < 1.29 is 4.74 Å². The van der Waals surface area contributed by atoms with Crippen molar-refractivity contribution in [3.05, 3.63) is 188 Å². The van der Waals surface area contributed by atoms with E-state index in [0.717, 1.165) is 34.2 Å². The molecule has 3 nitrogen and oxygen atoms in total. The lowest BCUT2D eigenvalue weighted by Crippen LogP contribution is -2.59. The normalized spacial score (nSPS) is 12.8. The second kappa shape index (κ2) is 11.8. The Kier molecular flexibility index (Phi) is 6.60. The smallest absolute Gasteiger partial charge is 0.256 e. The van der Waals surface area contributed by atoms with E-state index in [0.29, 0.717) is 0 Å². The lowest BCUT2D eigenvalue weighted by molar-refractivity contribution is 0.488. The fourth-order valence-corrected chi connectivity index (χ4v) is 10.4. The van der Waals surface area contributed by atoms with Gasteiger partial charge in [-0.3, -0.25) is 0 Å². The number of hydrogen-bond acceptors (Lipinski definition) is 4. The summed E-state index contributed by atoms with van der Waals surface area (Å²) in [4.78, 5) is 4.83. The van der Waals surface area contributed by atoms with Crippen molar-refractivity contribution >= 4 is 110 Å². The van der Waals surface area contributed by atoms with Crippen LogP contribution < -0.4 is 30.9 Å². The summed E-state index contributed by atoms with van der Waals surface area (Å²) < 4.78 is 9.47. The van der Waals surface area contributed by atoms with Gasteiger partial charge in [-0.25, -0.2) is 0 Å². The maximum Gasteiger partial charge on any atom is 0.256 e. The molecule has 2 aliphatic heterocycles. The van der Waals surface area contributed by atoms with Crippen LogP contribution in [0.3, 0.4) is 0 Å². The minimum atomic E-state index is 0.0490. The van der Waals surface area contributed by atoms with Gasteiger partial charge in [-0.15, -0.1) is 11.3 Å². The molecule has 9 aromatic carbocycles. The molecule has 0 saturated carbocycles. The van der Waals surface area contributed by atoms with Crippen LogP contribution in [0.25, 0.3) is 41.7 Å². The molecule has 0 N–H and O–H groups in total. The van der Waals surface area contributed by atoms with Gasteiger partial charge in [0.2, 0.25) is 0 Å². The van der Waals surface area contributed by atoms with E-state index >= 15 is 0 Å². The van der Waals surface area contributed by atoms with E-state index in [2.05, 4.69) is 198 Å².